The molecular formula is C9H19NO5S2. The Labute approximate surface area is 102 Å². The maximum Gasteiger partial charge on any atom is 0.215 e. The molecule has 0 amide bonds. The zero-order valence-corrected chi connectivity index (χ0v) is 11.6. The van der Waals surface area contributed by atoms with Crippen LogP contribution in [0.4, 0.5) is 0 Å². The molecule has 1 fully saturated rings. The summed E-state index contributed by atoms with van der Waals surface area (Å²) in [6.45, 7) is 3.48. The van der Waals surface area contributed by atoms with Crippen LogP contribution in [0, 0.1) is 5.92 Å². The van der Waals surface area contributed by atoms with Crippen LogP contribution in [0.25, 0.3) is 0 Å². The van der Waals surface area contributed by atoms with Crippen LogP contribution in [0.5, 0.6) is 0 Å². The van der Waals surface area contributed by atoms with Crippen LogP contribution in [-0.2, 0) is 19.9 Å². The normalized spacial score (nSPS) is 26.2. The molecule has 1 aliphatic heterocycles. The van der Waals surface area contributed by atoms with Crippen molar-refractivity contribution in [3.63, 3.8) is 0 Å². The van der Waals surface area contributed by atoms with Gasteiger partial charge in [0.15, 0.2) is 9.84 Å². The maximum absolute atomic E-state index is 11.8. The molecule has 1 heterocycles. The summed E-state index contributed by atoms with van der Waals surface area (Å²) in [5.74, 6) is -0.448. The highest BCUT2D eigenvalue weighted by molar-refractivity contribution is 7.95. The van der Waals surface area contributed by atoms with Gasteiger partial charge in [-0.15, -0.1) is 0 Å². The molecule has 0 aromatic heterocycles. The predicted octanol–water partition coefficient (Wildman–Crippen LogP) is -0.890. The van der Waals surface area contributed by atoms with Crippen LogP contribution in [0.15, 0.2) is 0 Å². The molecule has 0 bridgehead atoms. The highest BCUT2D eigenvalue weighted by Gasteiger charge is 2.37. The molecule has 8 heteroatoms. The molecule has 0 aliphatic carbocycles. The van der Waals surface area contributed by atoms with Crippen LogP contribution in [0.1, 0.15) is 20.3 Å². The fourth-order valence-corrected chi connectivity index (χ4v) is 5.66. The van der Waals surface area contributed by atoms with Gasteiger partial charge in [0.2, 0.25) is 10.0 Å². The lowest BCUT2D eigenvalue weighted by molar-refractivity contribution is 0.129. The van der Waals surface area contributed by atoms with Crippen molar-refractivity contribution in [1.82, 2.24) is 4.72 Å². The Morgan fingerprint density at radius 3 is 2.41 bits per heavy atom. The van der Waals surface area contributed by atoms with E-state index in [1.165, 1.54) is 0 Å². The van der Waals surface area contributed by atoms with E-state index in [0.717, 1.165) is 0 Å². The fraction of sp³-hybridized carbons (Fsp3) is 1.00. The van der Waals surface area contributed by atoms with Crippen LogP contribution >= 0.6 is 0 Å². The summed E-state index contributed by atoms with van der Waals surface area (Å²) >= 11 is 0. The van der Waals surface area contributed by atoms with Gasteiger partial charge < -0.3 is 5.11 Å². The SMILES string of the molecule is CC(C)C(O)CNS(=O)(=O)C1CCS(=O)(=O)C1. The number of sulfone groups is 1. The lowest BCUT2D eigenvalue weighted by atomic mass is 10.1. The summed E-state index contributed by atoms with van der Waals surface area (Å²) in [7, 11) is -6.86. The zero-order valence-electron chi connectivity index (χ0n) is 9.96. The minimum absolute atomic E-state index is 0.0509. The monoisotopic (exact) mass is 285 g/mol. The van der Waals surface area contributed by atoms with Crippen molar-refractivity contribution in [3.8, 4) is 0 Å². The summed E-state index contributed by atoms with van der Waals surface area (Å²) in [5, 5.41) is 8.61. The first-order valence-electron chi connectivity index (χ1n) is 5.51. The number of sulfonamides is 1. The second-order valence-electron chi connectivity index (χ2n) is 4.73. The smallest absolute Gasteiger partial charge is 0.215 e. The second-order valence-corrected chi connectivity index (χ2v) is 9.00. The molecule has 0 saturated carbocycles. The number of hydrogen-bond acceptors (Lipinski definition) is 5. The highest BCUT2D eigenvalue weighted by Crippen LogP contribution is 2.18. The van der Waals surface area contributed by atoms with Crippen molar-refractivity contribution in [1.29, 1.82) is 0 Å². The summed E-state index contributed by atoms with van der Waals surface area (Å²) in [5.41, 5.74) is 0. The second kappa shape index (κ2) is 5.21. The largest absolute Gasteiger partial charge is 0.391 e. The van der Waals surface area contributed by atoms with Gasteiger partial charge in [-0.05, 0) is 12.3 Å². The van der Waals surface area contributed by atoms with Gasteiger partial charge in [0.05, 0.1) is 22.9 Å². The fourth-order valence-electron chi connectivity index (χ4n) is 1.56. The number of rotatable bonds is 5. The Bertz CT molecular complexity index is 454. The quantitative estimate of drug-likeness (QED) is 0.682. The van der Waals surface area contributed by atoms with Gasteiger partial charge in [-0.1, -0.05) is 13.8 Å². The Morgan fingerprint density at radius 1 is 1.41 bits per heavy atom. The summed E-state index contributed by atoms with van der Waals surface area (Å²) in [6.07, 6.45) is -0.627. The van der Waals surface area contributed by atoms with Gasteiger partial charge in [-0.2, -0.15) is 0 Å². The van der Waals surface area contributed by atoms with E-state index in [9.17, 15) is 21.9 Å². The van der Waals surface area contributed by atoms with E-state index >= 15 is 0 Å². The van der Waals surface area contributed by atoms with Crippen LogP contribution in [-0.4, -0.2) is 51.3 Å². The first-order valence-corrected chi connectivity index (χ1v) is 8.88. The molecule has 2 N–H and O–H groups in total. The minimum atomic E-state index is -3.65. The molecule has 1 saturated heterocycles. The van der Waals surface area contributed by atoms with E-state index in [-0.39, 0.29) is 30.4 Å². The summed E-state index contributed by atoms with van der Waals surface area (Å²) in [6, 6.07) is 0. The number of nitrogens with one attached hydrogen (secondary N) is 1. The number of aliphatic hydroxyl groups excluding tert-OH is 1. The third kappa shape index (κ3) is 4.20. The van der Waals surface area contributed by atoms with E-state index < -0.39 is 31.2 Å². The van der Waals surface area contributed by atoms with Crippen molar-refractivity contribution in [2.75, 3.05) is 18.1 Å². The van der Waals surface area contributed by atoms with E-state index in [1.807, 2.05) is 0 Å². The lowest BCUT2D eigenvalue weighted by Gasteiger charge is -2.17. The average Bonchev–Trinajstić information content (AvgIpc) is 2.56. The van der Waals surface area contributed by atoms with Crippen LogP contribution in [0.2, 0.25) is 0 Å². The van der Waals surface area contributed by atoms with E-state index in [2.05, 4.69) is 4.72 Å². The van der Waals surface area contributed by atoms with E-state index in [0.29, 0.717) is 0 Å². The average molecular weight is 285 g/mol. The Balaban J connectivity index is 2.59. The molecule has 0 aromatic rings. The molecule has 0 aromatic carbocycles. The molecule has 102 valence electrons. The predicted molar refractivity (Wildman–Crippen MR) is 64.8 cm³/mol. The van der Waals surface area contributed by atoms with Crippen LogP contribution < -0.4 is 4.72 Å². The summed E-state index contributed by atoms with van der Waals surface area (Å²) < 4.78 is 48.2. The van der Waals surface area contributed by atoms with Crippen molar-refractivity contribution >= 4 is 19.9 Å². The summed E-state index contributed by atoms with van der Waals surface area (Å²) in [4.78, 5) is 0. The number of aliphatic hydroxyl groups is 1. The third-order valence-electron chi connectivity index (χ3n) is 2.89. The van der Waals surface area contributed by atoms with E-state index in [4.69, 9.17) is 0 Å². The maximum atomic E-state index is 11.8. The minimum Gasteiger partial charge on any atom is -0.391 e. The lowest BCUT2D eigenvalue weighted by Crippen LogP contribution is -2.40. The Kier molecular flexibility index (Phi) is 4.56. The van der Waals surface area contributed by atoms with Gasteiger partial charge in [-0.3, -0.25) is 0 Å². The van der Waals surface area contributed by atoms with E-state index in [1.54, 1.807) is 13.8 Å². The first-order chi connectivity index (χ1) is 7.64. The van der Waals surface area contributed by atoms with Crippen molar-refractivity contribution in [2.24, 2.45) is 5.92 Å². The standard InChI is InChI=1S/C9H19NO5S2/c1-7(2)9(11)5-10-17(14,15)8-3-4-16(12,13)6-8/h7-11H,3-6H2,1-2H3. The molecule has 2 atom stereocenters. The zero-order chi connectivity index (χ0) is 13.3. The van der Waals surface area contributed by atoms with Crippen molar-refractivity contribution < 1.29 is 21.9 Å². The molecule has 2 unspecified atom stereocenters. The highest BCUT2D eigenvalue weighted by atomic mass is 32.2. The first kappa shape index (κ1) is 14.9. The molecule has 6 nitrogen and oxygen atoms in total. The van der Waals surface area contributed by atoms with Crippen LogP contribution in [0.3, 0.4) is 0 Å². The van der Waals surface area contributed by atoms with Gasteiger partial charge in [0.1, 0.15) is 0 Å². The van der Waals surface area contributed by atoms with Crippen molar-refractivity contribution in [2.45, 2.75) is 31.6 Å². The van der Waals surface area contributed by atoms with Gasteiger partial charge >= 0.3 is 0 Å². The van der Waals surface area contributed by atoms with Gasteiger partial charge in [0.25, 0.3) is 0 Å². The Hall–Kier alpha value is -0.180. The molecule has 0 spiro atoms. The number of hydrogen-bond donors (Lipinski definition) is 2. The molecule has 0 radical (unpaired) electrons. The topological polar surface area (TPSA) is 101 Å². The molecule has 17 heavy (non-hydrogen) atoms. The van der Waals surface area contributed by atoms with Gasteiger partial charge in [0, 0.05) is 6.54 Å². The van der Waals surface area contributed by atoms with Gasteiger partial charge in [-0.25, -0.2) is 21.6 Å². The molecule has 1 rings (SSSR count). The third-order valence-corrected chi connectivity index (χ3v) is 6.72. The molecular weight excluding hydrogens is 266 g/mol. The molecule has 1 aliphatic rings. The Morgan fingerprint density at radius 2 is 2.00 bits per heavy atom. The van der Waals surface area contributed by atoms with Crippen molar-refractivity contribution in [3.05, 3.63) is 0 Å².